The van der Waals surface area contributed by atoms with Gasteiger partial charge in [-0.3, -0.25) is 14.5 Å². The van der Waals surface area contributed by atoms with Crippen LogP contribution in [0.2, 0.25) is 0 Å². The van der Waals surface area contributed by atoms with Gasteiger partial charge in [0.2, 0.25) is 11.8 Å². The van der Waals surface area contributed by atoms with Gasteiger partial charge < -0.3 is 15.0 Å². The molecule has 3 rings (SSSR count). The molecule has 0 saturated carbocycles. The molecular weight excluding hydrogens is 366 g/mol. The third-order valence-corrected chi connectivity index (χ3v) is 5.29. The average molecular weight is 396 g/mol. The first-order chi connectivity index (χ1) is 14.0. The third-order valence-electron chi connectivity index (χ3n) is 5.29. The van der Waals surface area contributed by atoms with Crippen molar-refractivity contribution in [1.82, 2.24) is 9.80 Å². The van der Waals surface area contributed by atoms with E-state index in [9.17, 15) is 9.59 Å². The molecule has 0 unspecified atom stereocenters. The molecule has 2 aromatic carbocycles. The van der Waals surface area contributed by atoms with E-state index in [-0.39, 0.29) is 24.4 Å². The van der Waals surface area contributed by atoms with Crippen LogP contribution < -0.4 is 10.1 Å². The molecule has 0 spiro atoms. The molecule has 29 heavy (non-hydrogen) atoms. The summed E-state index contributed by atoms with van der Waals surface area (Å²) in [5.74, 6) is 0.754. The van der Waals surface area contributed by atoms with Crippen LogP contribution in [-0.4, -0.2) is 62.0 Å². The van der Waals surface area contributed by atoms with Gasteiger partial charge in [-0.25, -0.2) is 0 Å². The number of carbonyl (C=O) groups is 2. The van der Waals surface area contributed by atoms with Crippen LogP contribution >= 0.6 is 0 Å². The van der Waals surface area contributed by atoms with Crippen LogP contribution in [0.1, 0.15) is 19.3 Å². The molecule has 1 heterocycles. The zero-order valence-corrected chi connectivity index (χ0v) is 17.4. The molecule has 1 saturated heterocycles. The first-order valence-electron chi connectivity index (χ1n) is 9.97. The normalized spacial score (nSPS) is 16.9. The Labute approximate surface area is 172 Å². The minimum absolute atomic E-state index is 0.0183. The Morgan fingerprint density at radius 1 is 1.10 bits per heavy atom. The van der Waals surface area contributed by atoms with Crippen molar-refractivity contribution < 1.29 is 14.3 Å². The molecule has 2 amide bonds. The number of rotatable bonds is 6. The van der Waals surface area contributed by atoms with Crippen molar-refractivity contribution in [2.45, 2.75) is 25.3 Å². The van der Waals surface area contributed by atoms with E-state index in [2.05, 4.69) is 5.32 Å². The first kappa shape index (κ1) is 20.9. The van der Waals surface area contributed by atoms with Crippen molar-refractivity contribution in [3.8, 4) is 16.9 Å². The summed E-state index contributed by atoms with van der Waals surface area (Å²) in [6.45, 7) is 1.04. The lowest BCUT2D eigenvalue weighted by atomic mass is 10.0. The lowest BCUT2D eigenvalue weighted by Gasteiger charge is -2.34. The largest absolute Gasteiger partial charge is 0.497 e. The molecule has 154 valence electrons. The number of anilines is 1. The van der Waals surface area contributed by atoms with E-state index in [1.165, 1.54) is 0 Å². The molecule has 1 aliphatic heterocycles. The van der Waals surface area contributed by atoms with E-state index in [1.807, 2.05) is 53.4 Å². The van der Waals surface area contributed by atoms with E-state index in [0.717, 1.165) is 48.4 Å². The van der Waals surface area contributed by atoms with Gasteiger partial charge in [-0.05, 0) is 54.8 Å². The number of hydrogen-bond donors (Lipinski definition) is 1. The van der Waals surface area contributed by atoms with Crippen molar-refractivity contribution in [2.24, 2.45) is 0 Å². The summed E-state index contributed by atoms with van der Waals surface area (Å²) >= 11 is 0. The molecule has 0 radical (unpaired) electrons. The fourth-order valence-electron chi connectivity index (χ4n) is 3.60. The van der Waals surface area contributed by atoms with E-state index in [1.54, 1.807) is 26.1 Å². The highest BCUT2D eigenvalue weighted by Crippen LogP contribution is 2.26. The number of carbonyl (C=O) groups excluding carboxylic acids is 2. The Kier molecular flexibility index (Phi) is 6.88. The number of piperidine rings is 1. The topological polar surface area (TPSA) is 61.9 Å². The number of benzene rings is 2. The summed E-state index contributed by atoms with van der Waals surface area (Å²) in [6, 6.07) is 15.3. The smallest absolute Gasteiger partial charge is 0.241 e. The second kappa shape index (κ2) is 9.56. The number of ether oxygens (including phenoxy) is 1. The summed E-state index contributed by atoms with van der Waals surface area (Å²) in [6.07, 6.45) is 2.77. The molecule has 0 bridgehead atoms. The zero-order valence-electron chi connectivity index (χ0n) is 17.4. The Bertz CT molecular complexity index is 866. The molecule has 6 nitrogen and oxygen atoms in total. The molecule has 1 atom stereocenters. The van der Waals surface area contributed by atoms with Crippen LogP contribution in [0, 0.1) is 0 Å². The maximum Gasteiger partial charge on any atom is 0.241 e. The van der Waals surface area contributed by atoms with E-state index in [4.69, 9.17) is 4.74 Å². The predicted molar refractivity (Wildman–Crippen MR) is 115 cm³/mol. The highest BCUT2D eigenvalue weighted by molar-refractivity contribution is 5.95. The third kappa shape index (κ3) is 5.35. The summed E-state index contributed by atoms with van der Waals surface area (Å²) < 4.78 is 5.30. The number of hydrogen-bond acceptors (Lipinski definition) is 4. The van der Waals surface area contributed by atoms with Crippen molar-refractivity contribution in [3.63, 3.8) is 0 Å². The molecule has 1 N–H and O–H groups in total. The minimum Gasteiger partial charge on any atom is -0.497 e. The fourth-order valence-corrected chi connectivity index (χ4v) is 3.60. The quantitative estimate of drug-likeness (QED) is 0.816. The molecule has 6 heteroatoms. The number of likely N-dealkylation sites (tertiary alicyclic amines) is 1. The monoisotopic (exact) mass is 395 g/mol. The molecular formula is C23H29N3O3. The van der Waals surface area contributed by atoms with E-state index < -0.39 is 0 Å². The van der Waals surface area contributed by atoms with Gasteiger partial charge in [-0.15, -0.1) is 0 Å². The van der Waals surface area contributed by atoms with Crippen LogP contribution in [0.5, 0.6) is 5.75 Å². The standard InChI is InChI=1S/C23H29N3O3/c1-25(2)22(27)16-26-13-5-4-12-21(26)23(28)24-19-10-6-8-17(14-19)18-9-7-11-20(15-18)29-3/h6-11,14-15,21H,4-5,12-13,16H2,1-3H3,(H,24,28)/t21-/m0/s1. The lowest BCUT2D eigenvalue weighted by molar-refractivity contribution is -0.132. The van der Waals surface area contributed by atoms with Gasteiger partial charge in [-0.2, -0.15) is 0 Å². The van der Waals surface area contributed by atoms with Crippen molar-refractivity contribution in [3.05, 3.63) is 48.5 Å². The Hall–Kier alpha value is -2.86. The van der Waals surface area contributed by atoms with Crippen LogP contribution in [0.3, 0.4) is 0 Å². The van der Waals surface area contributed by atoms with Crippen molar-refractivity contribution in [1.29, 1.82) is 0 Å². The molecule has 1 aliphatic rings. The Morgan fingerprint density at radius 3 is 2.55 bits per heavy atom. The molecule has 0 aliphatic carbocycles. The first-order valence-corrected chi connectivity index (χ1v) is 9.97. The predicted octanol–water partition coefficient (Wildman–Crippen LogP) is 3.24. The number of nitrogens with one attached hydrogen (secondary N) is 1. The Morgan fingerprint density at radius 2 is 1.83 bits per heavy atom. The second-order valence-electron chi connectivity index (χ2n) is 7.57. The second-order valence-corrected chi connectivity index (χ2v) is 7.57. The number of amides is 2. The van der Waals surface area contributed by atoms with Crippen molar-refractivity contribution >= 4 is 17.5 Å². The summed E-state index contributed by atoms with van der Waals surface area (Å²) in [7, 11) is 5.13. The van der Waals surface area contributed by atoms with Crippen LogP contribution in [0.25, 0.3) is 11.1 Å². The summed E-state index contributed by atoms with van der Waals surface area (Å²) in [4.78, 5) is 28.7. The highest BCUT2D eigenvalue weighted by Gasteiger charge is 2.30. The molecule has 0 aromatic heterocycles. The number of nitrogens with zero attached hydrogens (tertiary/aromatic N) is 2. The van der Waals surface area contributed by atoms with E-state index >= 15 is 0 Å². The van der Waals surface area contributed by atoms with Crippen LogP contribution in [-0.2, 0) is 9.59 Å². The van der Waals surface area contributed by atoms with Gasteiger partial charge >= 0.3 is 0 Å². The Balaban J connectivity index is 1.73. The molecule has 2 aromatic rings. The lowest BCUT2D eigenvalue weighted by Crippen LogP contribution is -2.50. The van der Waals surface area contributed by atoms with E-state index in [0.29, 0.717) is 0 Å². The van der Waals surface area contributed by atoms with Gasteiger partial charge in [0.1, 0.15) is 5.75 Å². The van der Waals surface area contributed by atoms with Crippen LogP contribution in [0.4, 0.5) is 5.69 Å². The average Bonchev–Trinajstić information content (AvgIpc) is 2.74. The van der Waals surface area contributed by atoms with Gasteiger partial charge in [0, 0.05) is 19.8 Å². The maximum atomic E-state index is 13.0. The number of methoxy groups -OCH3 is 1. The van der Waals surface area contributed by atoms with Crippen LogP contribution in [0.15, 0.2) is 48.5 Å². The fraction of sp³-hybridized carbons (Fsp3) is 0.391. The van der Waals surface area contributed by atoms with Crippen molar-refractivity contribution in [2.75, 3.05) is 39.6 Å². The number of likely N-dealkylation sites (N-methyl/N-ethyl adjacent to an activating group) is 1. The van der Waals surface area contributed by atoms with Gasteiger partial charge in [0.15, 0.2) is 0 Å². The van der Waals surface area contributed by atoms with Gasteiger partial charge in [0.05, 0.1) is 19.7 Å². The SMILES string of the molecule is COc1cccc(-c2cccc(NC(=O)[C@@H]3CCCCN3CC(=O)N(C)C)c2)c1. The van der Waals surface area contributed by atoms with Gasteiger partial charge in [0.25, 0.3) is 0 Å². The van der Waals surface area contributed by atoms with Gasteiger partial charge in [-0.1, -0.05) is 30.7 Å². The maximum absolute atomic E-state index is 13.0. The molecule has 1 fully saturated rings. The minimum atomic E-state index is -0.284. The highest BCUT2D eigenvalue weighted by atomic mass is 16.5. The summed E-state index contributed by atoms with van der Waals surface area (Å²) in [5.41, 5.74) is 2.78. The summed E-state index contributed by atoms with van der Waals surface area (Å²) in [5, 5.41) is 3.05. The zero-order chi connectivity index (χ0) is 20.8.